The molecule has 0 bridgehead atoms. The molecule has 1 aromatic rings. The van der Waals surface area contributed by atoms with Gasteiger partial charge in [-0.05, 0) is 18.1 Å². The van der Waals surface area contributed by atoms with Crippen LogP contribution in [0.1, 0.15) is 11.1 Å². The first-order valence-electron chi connectivity index (χ1n) is 3.00. The molecular formula is C8H12O2. The van der Waals surface area contributed by atoms with Gasteiger partial charge in [0.05, 0.1) is 6.61 Å². The van der Waals surface area contributed by atoms with E-state index in [9.17, 15) is 0 Å². The molecule has 1 aromatic carbocycles. The summed E-state index contributed by atoms with van der Waals surface area (Å²) in [5, 5.41) is 8.72. The van der Waals surface area contributed by atoms with Crippen molar-refractivity contribution in [2.24, 2.45) is 0 Å². The van der Waals surface area contributed by atoms with E-state index in [4.69, 9.17) is 5.11 Å². The van der Waals surface area contributed by atoms with Crippen LogP contribution in [0, 0.1) is 6.92 Å². The number of benzene rings is 1. The summed E-state index contributed by atoms with van der Waals surface area (Å²) in [4.78, 5) is 0. The van der Waals surface area contributed by atoms with Gasteiger partial charge in [0.15, 0.2) is 0 Å². The van der Waals surface area contributed by atoms with E-state index in [1.807, 2.05) is 31.2 Å². The second-order valence-corrected chi connectivity index (χ2v) is 2.08. The molecule has 0 aromatic heterocycles. The summed E-state index contributed by atoms with van der Waals surface area (Å²) in [6.45, 7) is 2.14. The zero-order chi connectivity index (χ0) is 6.69. The summed E-state index contributed by atoms with van der Waals surface area (Å²) >= 11 is 0. The molecule has 0 atom stereocenters. The topological polar surface area (TPSA) is 51.7 Å². The van der Waals surface area contributed by atoms with Crippen molar-refractivity contribution in [1.82, 2.24) is 0 Å². The zero-order valence-electron chi connectivity index (χ0n) is 5.96. The highest BCUT2D eigenvalue weighted by molar-refractivity contribution is 5.24. The minimum atomic E-state index is 0. The molecule has 0 heterocycles. The fourth-order valence-electron chi connectivity index (χ4n) is 0.787. The van der Waals surface area contributed by atoms with Gasteiger partial charge in [-0.2, -0.15) is 0 Å². The lowest BCUT2D eigenvalue weighted by Gasteiger charge is -1.97. The van der Waals surface area contributed by atoms with Gasteiger partial charge in [0.1, 0.15) is 0 Å². The van der Waals surface area contributed by atoms with Gasteiger partial charge in [0.2, 0.25) is 0 Å². The van der Waals surface area contributed by atoms with Crippen LogP contribution in [-0.4, -0.2) is 10.6 Å². The van der Waals surface area contributed by atoms with Crippen molar-refractivity contribution in [3.63, 3.8) is 0 Å². The average Bonchev–Trinajstić information content (AvgIpc) is 1.89. The molecule has 0 amide bonds. The summed E-state index contributed by atoms with van der Waals surface area (Å²) < 4.78 is 0. The summed E-state index contributed by atoms with van der Waals surface area (Å²) in [6.07, 6.45) is 0. The van der Waals surface area contributed by atoms with E-state index >= 15 is 0 Å². The number of hydrogen-bond donors (Lipinski definition) is 1. The van der Waals surface area contributed by atoms with E-state index in [0.717, 1.165) is 11.1 Å². The van der Waals surface area contributed by atoms with Gasteiger partial charge < -0.3 is 10.6 Å². The molecule has 0 unspecified atom stereocenters. The molecule has 0 aliphatic rings. The molecule has 0 radical (unpaired) electrons. The number of aliphatic hydroxyl groups is 1. The molecule has 10 heavy (non-hydrogen) atoms. The van der Waals surface area contributed by atoms with Crippen LogP contribution >= 0.6 is 0 Å². The standard InChI is InChI=1S/C8H10O.H2O/c1-7-4-2-3-5-8(7)6-9;/h2-5,9H,6H2,1H3;1H2. The lowest BCUT2D eigenvalue weighted by Crippen LogP contribution is -1.85. The van der Waals surface area contributed by atoms with Gasteiger partial charge in [0, 0.05) is 0 Å². The highest BCUT2D eigenvalue weighted by Gasteiger charge is 1.90. The molecule has 0 aliphatic heterocycles. The van der Waals surface area contributed by atoms with Crippen molar-refractivity contribution in [1.29, 1.82) is 0 Å². The average molecular weight is 140 g/mol. The highest BCUT2D eigenvalue weighted by atomic mass is 16.3. The minimum absolute atomic E-state index is 0. The van der Waals surface area contributed by atoms with E-state index < -0.39 is 0 Å². The smallest absolute Gasteiger partial charge is 0.0684 e. The normalized spacial score (nSPS) is 8.60. The van der Waals surface area contributed by atoms with Crippen molar-refractivity contribution in [3.8, 4) is 0 Å². The Morgan fingerprint density at radius 3 is 2.30 bits per heavy atom. The van der Waals surface area contributed by atoms with Gasteiger partial charge in [0.25, 0.3) is 0 Å². The Kier molecular flexibility index (Phi) is 3.69. The fourth-order valence-corrected chi connectivity index (χ4v) is 0.787. The van der Waals surface area contributed by atoms with Crippen LogP contribution in [-0.2, 0) is 6.61 Å². The lowest BCUT2D eigenvalue weighted by molar-refractivity contribution is 0.281. The number of aliphatic hydroxyl groups excluding tert-OH is 1. The largest absolute Gasteiger partial charge is 0.412 e. The van der Waals surface area contributed by atoms with Crippen LogP contribution in [0.2, 0.25) is 0 Å². The van der Waals surface area contributed by atoms with E-state index in [2.05, 4.69) is 0 Å². The van der Waals surface area contributed by atoms with Crippen LogP contribution in [0.25, 0.3) is 0 Å². The first kappa shape index (κ1) is 9.14. The van der Waals surface area contributed by atoms with Crippen LogP contribution in [0.3, 0.4) is 0 Å². The summed E-state index contributed by atoms with van der Waals surface area (Å²) in [5.41, 5.74) is 2.16. The van der Waals surface area contributed by atoms with Gasteiger partial charge in [-0.15, -0.1) is 0 Å². The van der Waals surface area contributed by atoms with E-state index in [-0.39, 0.29) is 12.1 Å². The number of hydrogen-bond acceptors (Lipinski definition) is 1. The van der Waals surface area contributed by atoms with Crippen LogP contribution < -0.4 is 0 Å². The Bertz CT molecular complexity index is 196. The third-order valence-corrected chi connectivity index (χ3v) is 1.43. The van der Waals surface area contributed by atoms with Crippen LogP contribution in [0.4, 0.5) is 0 Å². The SMILES string of the molecule is Cc1ccccc1CO.O. The van der Waals surface area contributed by atoms with Crippen LogP contribution in [0.15, 0.2) is 24.3 Å². The van der Waals surface area contributed by atoms with E-state index in [1.165, 1.54) is 0 Å². The molecular weight excluding hydrogens is 128 g/mol. The predicted molar refractivity (Wildman–Crippen MR) is 40.7 cm³/mol. The quantitative estimate of drug-likeness (QED) is 0.612. The van der Waals surface area contributed by atoms with Gasteiger partial charge in [-0.3, -0.25) is 0 Å². The summed E-state index contributed by atoms with van der Waals surface area (Å²) in [7, 11) is 0. The molecule has 1 rings (SSSR count). The van der Waals surface area contributed by atoms with Crippen LogP contribution in [0.5, 0.6) is 0 Å². The second-order valence-electron chi connectivity index (χ2n) is 2.08. The molecule has 2 heteroatoms. The highest BCUT2D eigenvalue weighted by Crippen LogP contribution is 2.05. The molecule has 0 saturated carbocycles. The Balaban J connectivity index is 0.000000810. The first-order chi connectivity index (χ1) is 4.34. The van der Waals surface area contributed by atoms with Gasteiger partial charge in [-0.1, -0.05) is 24.3 Å². The summed E-state index contributed by atoms with van der Waals surface area (Å²) in [5.74, 6) is 0. The van der Waals surface area contributed by atoms with E-state index in [1.54, 1.807) is 0 Å². The molecule has 3 N–H and O–H groups in total. The van der Waals surface area contributed by atoms with Crippen molar-refractivity contribution in [2.45, 2.75) is 13.5 Å². The number of aryl methyl sites for hydroxylation is 1. The van der Waals surface area contributed by atoms with Crippen molar-refractivity contribution >= 4 is 0 Å². The molecule has 0 spiro atoms. The van der Waals surface area contributed by atoms with Gasteiger partial charge in [-0.25, -0.2) is 0 Å². The molecule has 56 valence electrons. The molecule has 2 nitrogen and oxygen atoms in total. The Morgan fingerprint density at radius 1 is 1.30 bits per heavy atom. The Hall–Kier alpha value is -0.860. The third kappa shape index (κ3) is 1.83. The molecule has 0 aliphatic carbocycles. The first-order valence-corrected chi connectivity index (χ1v) is 3.00. The van der Waals surface area contributed by atoms with Crippen molar-refractivity contribution in [3.05, 3.63) is 35.4 Å². The second kappa shape index (κ2) is 4.04. The molecule has 0 saturated heterocycles. The maximum Gasteiger partial charge on any atom is 0.0684 e. The number of rotatable bonds is 1. The van der Waals surface area contributed by atoms with Crippen molar-refractivity contribution in [2.75, 3.05) is 0 Å². The minimum Gasteiger partial charge on any atom is -0.412 e. The van der Waals surface area contributed by atoms with E-state index in [0.29, 0.717) is 0 Å². The fraction of sp³-hybridized carbons (Fsp3) is 0.250. The summed E-state index contributed by atoms with van der Waals surface area (Å²) in [6, 6.07) is 7.81. The maximum absolute atomic E-state index is 8.72. The maximum atomic E-state index is 8.72. The van der Waals surface area contributed by atoms with Crippen molar-refractivity contribution < 1.29 is 10.6 Å². The Labute approximate surface area is 60.4 Å². The van der Waals surface area contributed by atoms with Gasteiger partial charge >= 0.3 is 0 Å². The molecule has 0 fully saturated rings. The zero-order valence-corrected chi connectivity index (χ0v) is 5.96. The monoisotopic (exact) mass is 140 g/mol. The lowest BCUT2D eigenvalue weighted by atomic mass is 10.1. The Morgan fingerprint density at radius 2 is 1.90 bits per heavy atom. The predicted octanol–water partition coefficient (Wildman–Crippen LogP) is 0.663. The third-order valence-electron chi connectivity index (χ3n) is 1.43.